The van der Waals surface area contributed by atoms with E-state index in [1.54, 1.807) is 29.1 Å². The molecule has 1 aromatic carbocycles. The highest BCUT2D eigenvalue weighted by molar-refractivity contribution is 6.22. The fraction of sp³-hybridized carbons (Fsp3) is 0.389. The standard InChI is InChI=1S/C18H16FN3O3/c19-11-3-1-2-10(8-11)9-21-7-6-14(20-21)22-17(23)15-12-4-5-13(25-12)16(15)18(22)24/h1-3,6-8,12-13,15-16H,4-5,9H2/t12-,13-,15-,16-/m0/s1. The summed E-state index contributed by atoms with van der Waals surface area (Å²) in [5, 5.41) is 4.35. The molecule has 3 aliphatic rings. The van der Waals surface area contributed by atoms with Crippen molar-refractivity contribution in [3.8, 4) is 0 Å². The van der Waals surface area contributed by atoms with E-state index >= 15 is 0 Å². The molecule has 0 N–H and O–H groups in total. The molecule has 2 aromatic rings. The van der Waals surface area contributed by atoms with E-state index in [0.29, 0.717) is 12.4 Å². The molecule has 5 rings (SSSR count). The minimum absolute atomic E-state index is 0.133. The van der Waals surface area contributed by atoms with E-state index < -0.39 is 0 Å². The van der Waals surface area contributed by atoms with Crippen LogP contribution < -0.4 is 4.90 Å². The topological polar surface area (TPSA) is 64.4 Å². The normalized spacial score (nSPS) is 30.4. The van der Waals surface area contributed by atoms with Crippen molar-refractivity contribution in [2.45, 2.75) is 31.6 Å². The van der Waals surface area contributed by atoms with E-state index in [1.807, 2.05) is 0 Å². The number of carbonyl (C=O) groups is 2. The lowest BCUT2D eigenvalue weighted by molar-refractivity contribution is -0.124. The van der Waals surface area contributed by atoms with Gasteiger partial charge in [-0.1, -0.05) is 12.1 Å². The van der Waals surface area contributed by atoms with Gasteiger partial charge in [0.1, 0.15) is 5.82 Å². The monoisotopic (exact) mass is 341 g/mol. The summed E-state index contributed by atoms with van der Waals surface area (Å²) in [6.45, 7) is 0.370. The Morgan fingerprint density at radius 1 is 1.12 bits per heavy atom. The van der Waals surface area contributed by atoms with Crippen molar-refractivity contribution in [1.82, 2.24) is 9.78 Å². The number of rotatable bonds is 3. The molecule has 2 amide bonds. The Labute approximate surface area is 143 Å². The van der Waals surface area contributed by atoms with Crippen LogP contribution in [0.4, 0.5) is 10.2 Å². The minimum atomic E-state index is -0.361. The van der Waals surface area contributed by atoms with Crippen molar-refractivity contribution in [1.29, 1.82) is 0 Å². The molecule has 0 unspecified atom stereocenters. The molecule has 2 bridgehead atoms. The first-order valence-corrected chi connectivity index (χ1v) is 8.43. The third kappa shape index (κ3) is 2.15. The number of hydrogen-bond acceptors (Lipinski definition) is 4. The van der Waals surface area contributed by atoms with Crippen LogP contribution in [0.2, 0.25) is 0 Å². The first-order chi connectivity index (χ1) is 12.1. The van der Waals surface area contributed by atoms with Gasteiger partial charge in [-0.3, -0.25) is 14.3 Å². The molecule has 3 aliphatic heterocycles. The Morgan fingerprint density at radius 3 is 2.52 bits per heavy atom. The van der Waals surface area contributed by atoms with Crippen LogP contribution >= 0.6 is 0 Å². The number of hydrogen-bond donors (Lipinski definition) is 0. The lowest BCUT2D eigenvalue weighted by Gasteiger charge is -2.15. The third-order valence-corrected chi connectivity index (χ3v) is 5.37. The molecule has 4 atom stereocenters. The predicted octanol–water partition coefficient (Wildman–Crippen LogP) is 1.74. The van der Waals surface area contributed by atoms with Crippen LogP contribution in [0.25, 0.3) is 0 Å². The zero-order chi connectivity index (χ0) is 17.1. The van der Waals surface area contributed by atoms with Gasteiger partial charge in [0.25, 0.3) is 0 Å². The number of amides is 2. The summed E-state index contributed by atoms with van der Waals surface area (Å²) in [5.74, 6) is -1.12. The molecule has 1 aromatic heterocycles. The van der Waals surface area contributed by atoms with Gasteiger partial charge in [-0.25, -0.2) is 9.29 Å². The number of benzene rings is 1. The fourth-order valence-electron chi connectivity index (χ4n) is 4.32. The molecule has 7 heteroatoms. The maximum atomic E-state index is 13.3. The predicted molar refractivity (Wildman–Crippen MR) is 85.1 cm³/mol. The quantitative estimate of drug-likeness (QED) is 0.798. The van der Waals surface area contributed by atoms with E-state index in [-0.39, 0.29) is 41.7 Å². The first-order valence-electron chi connectivity index (χ1n) is 8.43. The SMILES string of the molecule is O=C1[C@@H]2[C@@H](C(=O)N1c1ccn(Cc3cccc(F)c3)n1)[C@@H]1CC[C@@H]2O1. The zero-order valence-corrected chi connectivity index (χ0v) is 13.3. The summed E-state index contributed by atoms with van der Waals surface area (Å²) < 4.78 is 20.6. The largest absolute Gasteiger partial charge is 0.373 e. The van der Waals surface area contributed by atoms with E-state index in [1.165, 1.54) is 17.0 Å². The maximum Gasteiger partial charge on any atom is 0.241 e. The average Bonchev–Trinajstić information content (AvgIpc) is 3.33. The molecule has 0 saturated carbocycles. The summed E-state index contributed by atoms with van der Waals surface area (Å²) in [5.41, 5.74) is 0.761. The van der Waals surface area contributed by atoms with Gasteiger partial charge in [-0.05, 0) is 30.5 Å². The highest BCUT2D eigenvalue weighted by atomic mass is 19.1. The number of nitrogens with zero attached hydrogens (tertiary/aromatic N) is 3. The van der Waals surface area contributed by atoms with Crippen molar-refractivity contribution in [2.24, 2.45) is 11.8 Å². The Balaban J connectivity index is 1.40. The first kappa shape index (κ1) is 14.8. The van der Waals surface area contributed by atoms with Gasteiger partial charge in [-0.2, -0.15) is 5.10 Å². The van der Waals surface area contributed by atoms with Crippen LogP contribution in [0.15, 0.2) is 36.5 Å². The molecule has 0 aliphatic carbocycles. The molecule has 0 radical (unpaired) electrons. The Kier molecular flexibility index (Phi) is 3.09. The lowest BCUT2D eigenvalue weighted by Crippen LogP contribution is -2.34. The van der Waals surface area contributed by atoms with Gasteiger partial charge >= 0.3 is 0 Å². The molecular formula is C18H16FN3O3. The zero-order valence-electron chi connectivity index (χ0n) is 13.3. The second-order valence-corrected chi connectivity index (χ2v) is 6.86. The van der Waals surface area contributed by atoms with E-state index in [0.717, 1.165) is 18.4 Å². The lowest BCUT2D eigenvalue weighted by atomic mass is 9.81. The molecule has 128 valence electrons. The van der Waals surface area contributed by atoms with Gasteiger partial charge in [0.05, 0.1) is 30.6 Å². The molecule has 25 heavy (non-hydrogen) atoms. The number of aromatic nitrogens is 2. The van der Waals surface area contributed by atoms with Crippen molar-refractivity contribution in [3.63, 3.8) is 0 Å². The summed E-state index contributed by atoms with van der Waals surface area (Å²) in [4.78, 5) is 26.7. The average molecular weight is 341 g/mol. The van der Waals surface area contributed by atoms with Crippen LogP contribution in [-0.4, -0.2) is 33.8 Å². The van der Waals surface area contributed by atoms with E-state index in [2.05, 4.69) is 5.10 Å². The highest BCUT2D eigenvalue weighted by Gasteiger charge is 2.63. The van der Waals surface area contributed by atoms with Crippen LogP contribution in [0.3, 0.4) is 0 Å². The fourth-order valence-corrected chi connectivity index (χ4v) is 4.32. The number of ether oxygens (including phenoxy) is 1. The Morgan fingerprint density at radius 2 is 1.84 bits per heavy atom. The molecule has 3 saturated heterocycles. The molecule has 0 spiro atoms. The van der Waals surface area contributed by atoms with Crippen LogP contribution in [0.5, 0.6) is 0 Å². The number of imide groups is 1. The number of anilines is 1. The molecule has 3 fully saturated rings. The van der Waals surface area contributed by atoms with Crippen LogP contribution in [0, 0.1) is 17.7 Å². The Bertz CT molecular complexity index is 852. The number of fused-ring (bicyclic) bond motifs is 5. The van der Waals surface area contributed by atoms with Gasteiger partial charge in [-0.15, -0.1) is 0 Å². The summed E-state index contributed by atoms with van der Waals surface area (Å²) in [7, 11) is 0. The van der Waals surface area contributed by atoms with E-state index in [4.69, 9.17) is 4.74 Å². The molecule has 4 heterocycles. The van der Waals surface area contributed by atoms with Gasteiger partial charge < -0.3 is 4.74 Å². The van der Waals surface area contributed by atoms with Crippen LogP contribution in [0.1, 0.15) is 18.4 Å². The second-order valence-electron chi connectivity index (χ2n) is 6.86. The van der Waals surface area contributed by atoms with Crippen LogP contribution in [-0.2, 0) is 20.9 Å². The highest BCUT2D eigenvalue weighted by Crippen LogP contribution is 2.49. The van der Waals surface area contributed by atoms with Crippen molar-refractivity contribution in [3.05, 3.63) is 47.9 Å². The number of halogens is 1. The van der Waals surface area contributed by atoms with Gasteiger partial charge in [0, 0.05) is 12.3 Å². The minimum Gasteiger partial charge on any atom is -0.373 e. The van der Waals surface area contributed by atoms with Gasteiger partial charge in [0.15, 0.2) is 5.82 Å². The maximum absolute atomic E-state index is 13.3. The van der Waals surface area contributed by atoms with Crippen molar-refractivity contribution in [2.75, 3.05) is 4.90 Å². The summed E-state index contributed by atoms with van der Waals surface area (Å²) >= 11 is 0. The third-order valence-electron chi connectivity index (χ3n) is 5.37. The molecule has 6 nitrogen and oxygen atoms in total. The molecular weight excluding hydrogens is 325 g/mol. The number of carbonyl (C=O) groups excluding carboxylic acids is 2. The van der Waals surface area contributed by atoms with Gasteiger partial charge in [0.2, 0.25) is 11.8 Å². The van der Waals surface area contributed by atoms with Crippen molar-refractivity contribution >= 4 is 17.6 Å². The Hall–Kier alpha value is -2.54. The summed E-state index contributed by atoms with van der Waals surface area (Å²) in [6, 6.07) is 7.91. The smallest absolute Gasteiger partial charge is 0.241 e. The second kappa shape index (κ2) is 5.23. The van der Waals surface area contributed by atoms with Crippen molar-refractivity contribution < 1.29 is 18.7 Å². The summed E-state index contributed by atoms with van der Waals surface area (Å²) in [6.07, 6.45) is 3.11. The van der Waals surface area contributed by atoms with E-state index in [9.17, 15) is 14.0 Å².